The Bertz CT molecular complexity index is 229. The second-order valence-electron chi connectivity index (χ2n) is 3.99. The largest absolute Gasteiger partial charge is 0.467 e. The van der Waals surface area contributed by atoms with Crippen LogP contribution in [0.25, 0.3) is 0 Å². The first-order valence-electron chi connectivity index (χ1n) is 5.02. The Labute approximate surface area is 90.4 Å². The fourth-order valence-corrected chi connectivity index (χ4v) is 1.17. The summed E-state index contributed by atoms with van der Waals surface area (Å²) < 4.78 is 4.48. The van der Waals surface area contributed by atoms with Crippen molar-refractivity contribution in [1.29, 1.82) is 0 Å². The van der Waals surface area contributed by atoms with E-state index in [1.165, 1.54) is 7.11 Å². The second kappa shape index (κ2) is 6.40. The number of rotatable bonds is 5. The number of nitrogens with one attached hydrogen (secondary N) is 1. The average molecular weight is 216 g/mol. The van der Waals surface area contributed by atoms with E-state index in [0.717, 1.165) is 0 Å². The topological polar surface area (TPSA) is 81.4 Å². The molecule has 0 rings (SSSR count). The molecule has 0 spiro atoms. The molecule has 15 heavy (non-hydrogen) atoms. The summed E-state index contributed by atoms with van der Waals surface area (Å²) in [6, 6.07) is -1.22. The molecule has 0 saturated carbocycles. The molecular weight excluding hydrogens is 196 g/mol. The first-order chi connectivity index (χ1) is 6.88. The van der Waals surface area contributed by atoms with Crippen LogP contribution in [-0.4, -0.2) is 31.1 Å². The molecule has 0 aliphatic heterocycles. The Morgan fingerprint density at radius 2 is 1.87 bits per heavy atom. The first-order valence-corrected chi connectivity index (χ1v) is 5.02. The van der Waals surface area contributed by atoms with Crippen molar-refractivity contribution in [2.24, 2.45) is 11.7 Å². The number of esters is 1. The molecule has 0 heterocycles. The van der Waals surface area contributed by atoms with E-state index >= 15 is 0 Å². The molecule has 5 heteroatoms. The SMILES string of the molecule is COC(=O)C(C)NC(=O)C(N)CC(C)C. The highest BCUT2D eigenvalue weighted by Crippen LogP contribution is 2.02. The molecule has 0 aromatic heterocycles. The summed E-state index contributed by atoms with van der Waals surface area (Å²) in [4.78, 5) is 22.5. The molecule has 0 fully saturated rings. The third kappa shape index (κ3) is 5.37. The molecule has 88 valence electrons. The van der Waals surface area contributed by atoms with Crippen LogP contribution >= 0.6 is 0 Å². The van der Waals surface area contributed by atoms with Gasteiger partial charge in [0.1, 0.15) is 6.04 Å². The molecule has 2 unspecified atom stereocenters. The number of carbonyl (C=O) groups is 2. The van der Waals surface area contributed by atoms with Gasteiger partial charge in [-0.05, 0) is 19.3 Å². The van der Waals surface area contributed by atoms with Crippen molar-refractivity contribution in [3.63, 3.8) is 0 Å². The average Bonchev–Trinajstić information content (AvgIpc) is 2.15. The van der Waals surface area contributed by atoms with Gasteiger partial charge in [-0.15, -0.1) is 0 Å². The standard InChI is InChI=1S/C10H20N2O3/c1-6(2)5-8(11)9(13)12-7(3)10(14)15-4/h6-8H,5,11H2,1-4H3,(H,12,13). The van der Waals surface area contributed by atoms with Gasteiger partial charge in [-0.25, -0.2) is 4.79 Å². The Kier molecular flexibility index (Phi) is 5.93. The number of methoxy groups -OCH3 is 1. The lowest BCUT2D eigenvalue weighted by atomic mass is 10.0. The highest BCUT2D eigenvalue weighted by atomic mass is 16.5. The zero-order valence-corrected chi connectivity index (χ0v) is 9.74. The molecule has 0 aromatic rings. The number of hydrogen-bond acceptors (Lipinski definition) is 4. The van der Waals surface area contributed by atoms with Crippen LogP contribution in [0.1, 0.15) is 27.2 Å². The van der Waals surface area contributed by atoms with Crippen LogP contribution in [0.4, 0.5) is 0 Å². The van der Waals surface area contributed by atoms with Crippen LogP contribution < -0.4 is 11.1 Å². The lowest BCUT2D eigenvalue weighted by Gasteiger charge is -2.17. The van der Waals surface area contributed by atoms with Gasteiger partial charge in [0.15, 0.2) is 0 Å². The molecule has 0 aromatic carbocycles. The molecule has 0 bridgehead atoms. The zero-order valence-electron chi connectivity index (χ0n) is 9.74. The molecule has 5 nitrogen and oxygen atoms in total. The van der Waals surface area contributed by atoms with Gasteiger partial charge in [0, 0.05) is 0 Å². The van der Waals surface area contributed by atoms with Crippen LogP contribution in [0.5, 0.6) is 0 Å². The maximum atomic E-state index is 11.5. The Morgan fingerprint density at radius 1 is 1.33 bits per heavy atom. The highest BCUT2D eigenvalue weighted by Gasteiger charge is 2.20. The molecule has 3 N–H and O–H groups in total. The molecular formula is C10H20N2O3. The quantitative estimate of drug-likeness (QED) is 0.636. The fraction of sp³-hybridized carbons (Fsp3) is 0.800. The summed E-state index contributed by atoms with van der Waals surface area (Å²) >= 11 is 0. The van der Waals surface area contributed by atoms with E-state index in [-0.39, 0.29) is 5.91 Å². The summed E-state index contributed by atoms with van der Waals surface area (Å²) in [5.41, 5.74) is 5.64. The summed E-state index contributed by atoms with van der Waals surface area (Å²) in [5.74, 6) is -0.444. The Balaban J connectivity index is 4.07. The Morgan fingerprint density at radius 3 is 2.27 bits per heavy atom. The summed E-state index contributed by atoms with van der Waals surface area (Å²) in [7, 11) is 1.28. The van der Waals surface area contributed by atoms with Gasteiger partial charge in [0.05, 0.1) is 13.2 Å². The predicted octanol–water partition coefficient (Wildman–Crippen LogP) is 0.0375. The van der Waals surface area contributed by atoms with E-state index < -0.39 is 18.1 Å². The van der Waals surface area contributed by atoms with E-state index in [0.29, 0.717) is 12.3 Å². The summed E-state index contributed by atoms with van der Waals surface area (Å²) in [6.45, 7) is 5.53. The van der Waals surface area contributed by atoms with Crippen molar-refractivity contribution < 1.29 is 14.3 Å². The zero-order chi connectivity index (χ0) is 12.0. The number of hydrogen-bond donors (Lipinski definition) is 2. The molecule has 2 atom stereocenters. The normalized spacial score (nSPS) is 14.5. The number of carbonyl (C=O) groups excluding carboxylic acids is 2. The van der Waals surface area contributed by atoms with Crippen molar-refractivity contribution >= 4 is 11.9 Å². The summed E-state index contributed by atoms with van der Waals surface area (Å²) in [5, 5.41) is 2.50. The second-order valence-corrected chi connectivity index (χ2v) is 3.99. The smallest absolute Gasteiger partial charge is 0.328 e. The van der Waals surface area contributed by atoms with Gasteiger partial charge < -0.3 is 15.8 Å². The molecule has 0 saturated heterocycles. The van der Waals surface area contributed by atoms with E-state index in [2.05, 4.69) is 10.1 Å². The molecule has 0 aliphatic rings. The maximum absolute atomic E-state index is 11.5. The molecule has 0 radical (unpaired) electrons. The van der Waals surface area contributed by atoms with Crippen LogP contribution in [0.3, 0.4) is 0 Å². The van der Waals surface area contributed by atoms with Crippen LogP contribution in [0.15, 0.2) is 0 Å². The minimum absolute atomic E-state index is 0.318. The van der Waals surface area contributed by atoms with Gasteiger partial charge >= 0.3 is 5.97 Å². The van der Waals surface area contributed by atoms with Crippen LogP contribution in [0, 0.1) is 5.92 Å². The fourth-order valence-electron chi connectivity index (χ4n) is 1.17. The van der Waals surface area contributed by atoms with Crippen molar-refractivity contribution in [3.8, 4) is 0 Å². The predicted molar refractivity (Wildman–Crippen MR) is 57.1 cm³/mol. The minimum atomic E-state index is -0.652. The van der Waals surface area contributed by atoms with Crippen molar-refractivity contribution in [2.75, 3.05) is 7.11 Å². The van der Waals surface area contributed by atoms with E-state index in [4.69, 9.17) is 5.73 Å². The van der Waals surface area contributed by atoms with Crippen LogP contribution in [0.2, 0.25) is 0 Å². The van der Waals surface area contributed by atoms with Crippen molar-refractivity contribution in [3.05, 3.63) is 0 Å². The first kappa shape index (κ1) is 13.9. The molecule has 0 aliphatic carbocycles. The number of nitrogens with two attached hydrogens (primary N) is 1. The monoisotopic (exact) mass is 216 g/mol. The van der Waals surface area contributed by atoms with E-state index in [9.17, 15) is 9.59 Å². The van der Waals surface area contributed by atoms with Gasteiger partial charge in [-0.2, -0.15) is 0 Å². The summed E-state index contributed by atoms with van der Waals surface area (Å²) in [6.07, 6.45) is 0.597. The van der Waals surface area contributed by atoms with Gasteiger partial charge in [-0.3, -0.25) is 4.79 Å². The number of amides is 1. The van der Waals surface area contributed by atoms with Crippen molar-refractivity contribution in [1.82, 2.24) is 5.32 Å². The van der Waals surface area contributed by atoms with Gasteiger partial charge in [0.2, 0.25) is 5.91 Å². The third-order valence-corrected chi connectivity index (χ3v) is 1.98. The Hall–Kier alpha value is -1.10. The third-order valence-electron chi connectivity index (χ3n) is 1.98. The lowest BCUT2D eigenvalue weighted by Crippen LogP contribution is -2.47. The van der Waals surface area contributed by atoms with Gasteiger partial charge in [0.25, 0.3) is 0 Å². The van der Waals surface area contributed by atoms with Gasteiger partial charge in [-0.1, -0.05) is 13.8 Å². The maximum Gasteiger partial charge on any atom is 0.328 e. The highest BCUT2D eigenvalue weighted by molar-refractivity contribution is 5.87. The molecule has 1 amide bonds. The van der Waals surface area contributed by atoms with Crippen LogP contribution in [-0.2, 0) is 14.3 Å². The lowest BCUT2D eigenvalue weighted by molar-refractivity contribution is -0.144. The number of ether oxygens (including phenoxy) is 1. The minimum Gasteiger partial charge on any atom is -0.467 e. The van der Waals surface area contributed by atoms with Crippen molar-refractivity contribution in [2.45, 2.75) is 39.3 Å². The van der Waals surface area contributed by atoms with E-state index in [1.54, 1.807) is 6.92 Å². The van der Waals surface area contributed by atoms with E-state index in [1.807, 2.05) is 13.8 Å².